The Morgan fingerprint density at radius 3 is 2.81 bits per heavy atom. The number of ether oxygens (including phenoxy) is 4. The van der Waals surface area contributed by atoms with Gasteiger partial charge in [0.1, 0.15) is 12.2 Å². The Balaban J connectivity index is 1.48. The van der Waals surface area contributed by atoms with Gasteiger partial charge in [-0.05, 0) is 38.1 Å². The summed E-state index contributed by atoms with van der Waals surface area (Å²) in [5.41, 5.74) is 2.32. The predicted molar refractivity (Wildman–Crippen MR) is 112 cm³/mol. The highest BCUT2D eigenvalue weighted by Gasteiger charge is 2.64. The fourth-order valence-corrected chi connectivity index (χ4v) is 6.08. The van der Waals surface area contributed by atoms with E-state index in [0.717, 1.165) is 19.4 Å². The molecule has 0 saturated carbocycles. The second-order valence-corrected chi connectivity index (χ2v) is 9.04. The van der Waals surface area contributed by atoms with Crippen LogP contribution in [0.2, 0.25) is 0 Å². The van der Waals surface area contributed by atoms with Crippen LogP contribution in [0.4, 0.5) is 0 Å². The smallest absolute Gasteiger partial charge is 0.308 e. The number of nitrogens with zero attached hydrogens (tertiary/aromatic N) is 1. The maximum atomic E-state index is 11.7. The van der Waals surface area contributed by atoms with Crippen LogP contribution in [0, 0.1) is 5.92 Å². The number of likely N-dealkylation sites (N-methyl/N-ethyl adjacent to an activating group) is 1. The number of esters is 2. The second kappa shape index (κ2) is 7.64. The van der Waals surface area contributed by atoms with Gasteiger partial charge in [0.05, 0.1) is 13.2 Å². The molecular weight excluding hydrogens is 398 g/mol. The van der Waals surface area contributed by atoms with Gasteiger partial charge in [-0.2, -0.15) is 0 Å². The van der Waals surface area contributed by atoms with Crippen LogP contribution in [0.1, 0.15) is 37.8 Å². The highest BCUT2D eigenvalue weighted by molar-refractivity contribution is 5.72. The Hall–Kier alpha value is -2.38. The van der Waals surface area contributed by atoms with Crippen molar-refractivity contribution in [2.75, 3.05) is 26.8 Å². The third-order valence-electron chi connectivity index (χ3n) is 7.27. The van der Waals surface area contributed by atoms with Crippen LogP contribution in [0.5, 0.6) is 11.5 Å². The summed E-state index contributed by atoms with van der Waals surface area (Å²) in [6.07, 6.45) is 6.63. The lowest BCUT2D eigenvalue weighted by Crippen LogP contribution is -2.65. The van der Waals surface area contributed by atoms with Crippen LogP contribution in [0.15, 0.2) is 24.3 Å². The average molecular weight is 427 g/mol. The van der Waals surface area contributed by atoms with Gasteiger partial charge >= 0.3 is 11.9 Å². The van der Waals surface area contributed by atoms with Gasteiger partial charge in [0, 0.05) is 43.2 Å². The molecule has 5 atom stereocenters. The van der Waals surface area contributed by atoms with Gasteiger partial charge in [-0.25, -0.2) is 0 Å². The first-order chi connectivity index (χ1) is 14.9. The van der Waals surface area contributed by atoms with E-state index in [1.165, 1.54) is 25.0 Å². The van der Waals surface area contributed by atoms with E-state index in [2.05, 4.69) is 30.2 Å². The fourth-order valence-electron chi connectivity index (χ4n) is 6.08. The Morgan fingerprint density at radius 1 is 1.19 bits per heavy atom. The average Bonchev–Trinajstić information content (AvgIpc) is 3.07. The number of carbonyl (C=O) groups is 2. The van der Waals surface area contributed by atoms with Crippen molar-refractivity contribution in [3.63, 3.8) is 0 Å². The molecule has 1 aromatic rings. The summed E-state index contributed by atoms with van der Waals surface area (Å²) in [6, 6.07) is 4.38. The second-order valence-electron chi connectivity index (χ2n) is 9.04. The first-order valence-electron chi connectivity index (χ1n) is 11.1. The molecule has 2 bridgehead atoms. The lowest BCUT2D eigenvalue weighted by atomic mass is 9.53. The molecule has 5 rings (SSSR count). The topological polar surface area (TPSA) is 74.3 Å². The molecule has 0 radical (unpaired) electrons. The van der Waals surface area contributed by atoms with Crippen LogP contribution < -0.4 is 9.47 Å². The van der Waals surface area contributed by atoms with E-state index in [-0.39, 0.29) is 29.6 Å². The number of likely N-dealkylation sites (tertiary alicyclic amines) is 1. The van der Waals surface area contributed by atoms with Crippen LogP contribution in [0.3, 0.4) is 0 Å². The predicted octanol–water partition coefficient (Wildman–Crippen LogP) is 2.40. The summed E-state index contributed by atoms with van der Waals surface area (Å²) in [4.78, 5) is 25.1. The minimum Gasteiger partial charge on any atom is -0.482 e. The Bertz CT molecular complexity index is 942. The molecule has 1 aromatic carbocycles. The number of hydrogen-bond acceptors (Lipinski definition) is 7. The summed E-state index contributed by atoms with van der Waals surface area (Å²) in [6.45, 7) is 4.64. The minimum atomic E-state index is -0.350. The van der Waals surface area contributed by atoms with E-state index < -0.39 is 0 Å². The van der Waals surface area contributed by atoms with Gasteiger partial charge in [0.15, 0.2) is 11.5 Å². The SMILES string of the molecule is CC(=O)OCCCOC1C=C[C@H]2[C@H]3Cc4ccc(OC(C)=O)c5c4[C@@]2(CCN3C)C1O5. The molecule has 2 aliphatic carbocycles. The molecule has 0 aromatic heterocycles. The van der Waals surface area contributed by atoms with Gasteiger partial charge in [-0.15, -0.1) is 0 Å². The number of rotatable bonds is 6. The van der Waals surface area contributed by atoms with Crippen molar-refractivity contribution in [3.05, 3.63) is 35.4 Å². The molecule has 0 N–H and O–H groups in total. The summed E-state index contributed by atoms with van der Waals surface area (Å²) in [5.74, 6) is 0.914. The quantitative estimate of drug-likeness (QED) is 0.299. The first kappa shape index (κ1) is 20.5. The third kappa shape index (κ3) is 3.17. The molecule has 2 unspecified atom stereocenters. The van der Waals surface area contributed by atoms with E-state index >= 15 is 0 Å². The zero-order valence-electron chi connectivity index (χ0n) is 18.3. The van der Waals surface area contributed by atoms with Crippen LogP contribution in [-0.2, 0) is 30.9 Å². The van der Waals surface area contributed by atoms with E-state index in [9.17, 15) is 9.59 Å². The standard InChI is InChI=1S/C24H29NO6/c1-14(26)28-11-4-12-29-20-8-6-17-18-13-16-5-7-19(30-15(2)27)22-21(16)24(17,23(20)31-22)9-10-25(18)3/h5-8,17-18,20,23H,4,9-13H2,1-3H3/t17-,18+,20?,23?,24-/m0/s1. The summed E-state index contributed by atoms with van der Waals surface area (Å²) >= 11 is 0. The molecule has 1 spiro atoms. The van der Waals surface area contributed by atoms with Crippen molar-refractivity contribution in [2.45, 2.75) is 56.8 Å². The summed E-state index contributed by atoms with van der Waals surface area (Å²) < 4.78 is 23.4. The van der Waals surface area contributed by atoms with Gasteiger partial charge in [-0.1, -0.05) is 18.2 Å². The van der Waals surface area contributed by atoms with Crippen LogP contribution in [-0.4, -0.2) is 61.9 Å². The first-order valence-corrected chi connectivity index (χ1v) is 11.1. The van der Waals surface area contributed by atoms with E-state index in [1.807, 2.05) is 6.07 Å². The Morgan fingerprint density at radius 2 is 2.03 bits per heavy atom. The molecule has 2 aliphatic heterocycles. The zero-order chi connectivity index (χ0) is 21.8. The minimum absolute atomic E-state index is 0.168. The molecular formula is C24H29NO6. The summed E-state index contributed by atoms with van der Waals surface area (Å²) in [5, 5.41) is 0. The zero-order valence-corrected chi connectivity index (χ0v) is 18.3. The highest BCUT2D eigenvalue weighted by Crippen LogP contribution is 2.62. The van der Waals surface area contributed by atoms with Crippen molar-refractivity contribution in [1.29, 1.82) is 0 Å². The van der Waals surface area contributed by atoms with Gasteiger partial charge in [-0.3, -0.25) is 9.59 Å². The van der Waals surface area contributed by atoms with Crippen molar-refractivity contribution in [3.8, 4) is 11.5 Å². The van der Waals surface area contributed by atoms with Gasteiger partial charge < -0.3 is 23.8 Å². The maximum absolute atomic E-state index is 11.7. The van der Waals surface area contributed by atoms with Crippen LogP contribution >= 0.6 is 0 Å². The third-order valence-corrected chi connectivity index (χ3v) is 7.27. The molecule has 7 heteroatoms. The molecule has 7 nitrogen and oxygen atoms in total. The lowest BCUT2D eigenvalue weighted by molar-refractivity contribution is -0.141. The Kier molecular flexibility index (Phi) is 5.06. The molecule has 31 heavy (non-hydrogen) atoms. The molecule has 1 saturated heterocycles. The largest absolute Gasteiger partial charge is 0.482 e. The molecule has 1 fully saturated rings. The van der Waals surface area contributed by atoms with Crippen molar-refractivity contribution in [1.82, 2.24) is 4.90 Å². The molecule has 0 amide bonds. The van der Waals surface area contributed by atoms with Gasteiger partial charge in [0.25, 0.3) is 0 Å². The maximum Gasteiger partial charge on any atom is 0.308 e. The van der Waals surface area contributed by atoms with E-state index in [4.69, 9.17) is 18.9 Å². The monoisotopic (exact) mass is 427 g/mol. The highest BCUT2D eigenvalue weighted by atomic mass is 16.6. The lowest BCUT2D eigenvalue weighted by Gasteiger charge is -2.56. The van der Waals surface area contributed by atoms with Crippen molar-refractivity contribution < 1.29 is 28.5 Å². The van der Waals surface area contributed by atoms with Gasteiger partial charge in [0.2, 0.25) is 0 Å². The van der Waals surface area contributed by atoms with Crippen LogP contribution in [0.25, 0.3) is 0 Å². The molecule has 166 valence electrons. The number of carbonyl (C=O) groups excluding carboxylic acids is 2. The van der Waals surface area contributed by atoms with E-state index in [0.29, 0.717) is 43.1 Å². The number of piperidine rings is 1. The van der Waals surface area contributed by atoms with E-state index in [1.54, 1.807) is 0 Å². The van der Waals surface area contributed by atoms with Crippen molar-refractivity contribution >= 4 is 11.9 Å². The number of benzene rings is 1. The molecule has 4 aliphatic rings. The summed E-state index contributed by atoms with van der Waals surface area (Å²) in [7, 11) is 2.20. The van der Waals surface area contributed by atoms with Crippen molar-refractivity contribution in [2.24, 2.45) is 5.92 Å². The number of hydrogen-bond donors (Lipinski definition) is 0. The molecule has 2 heterocycles. The normalized spacial score (nSPS) is 32.2. The fraction of sp³-hybridized carbons (Fsp3) is 0.583. The Labute approximate surface area is 182 Å².